The normalized spacial score (nSPS) is 25.7. The van der Waals surface area contributed by atoms with Crippen molar-refractivity contribution in [2.75, 3.05) is 12.3 Å². The minimum absolute atomic E-state index is 0.0933. The summed E-state index contributed by atoms with van der Waals surface area (Å²) in [5, 5.41) is 19.2. The van der Waals surface area contributed by atoms with E-state index in [1.807, 2.05) is 0 Å². The maximum absolute atomic E-state index is 14.5. The van der Waals surface area contributed by atoms with E-state index in [1.165, 1.54) is 12.5 Å². The van der Waals surface area contributed by atoms with E-state index in [1.54, 1.807) is 12.1 Å². The van der Waals surface area contributed by atoms with Crippen LogP contribution < -0.4 is 5.73 Å². The third-order valence-electron chi connectivity index (χ3n) is 4.24. The van der Waals surface area contributed by atoms with Crippen molar-refractivity contribution in [3.05, 3.63) is 30.9 Å². The van der Waals surface area contributed by atoms with E-state index < -0.39 is 31.0 Å². The molecule has 0 amide bonds. The Morgan fingerprint density at radius 1 is 1.36 bits per heavy atom. The lowest BCUT2D eigenvalue weighted by molar-refractivity contribution is -0.137. The number of hydrogen-bond donors (Lipinski definition) is 3. The molecule has 0 aromatic carbocycles. The Balaban J connectivity index is 1.93. The van der Waals surface area contributed by atoms with Crippen LogP contribution >= 0.6 is 0 Å². The molecule has 8 nitrogen and oxygen atoms in total. The molecular formula is C15H14F2N4O4. The lowest BCUT2D eigenvalue weighted by atomic mass is 10.1. The van der Waals surface area contributed by atoms with Crippen LogP contribution in [0.5, 0.6) is 0 Å². The van der Waals surface area contributed by atoms with Crippen molar-refractivity contribution in [2.45, 2.75) is 24.4 Å². The molecule has 3 aromatic rings. The molecule has 1 saturated heterocycles. The molecule has 4 rings (SSSR count). The van der Waals surface area contributed by atoms with Gasteiger partial charge < -0.3 is 25.1 Å². The fourth-order valence-corrected chi connectivity index (χ4v) is 3.02. The van der Waals surface area contributed by atoms with Crippen molar-refractivity contribution in [1.82, 2.24) is 14.5 Å². The predicted octanol–water partition coefficient (Wildman–Crippen LogP) is 1.16. The van der Waals surface area contributed by atoms with E-state index in [9.17, 15) is 13.9 Å². The lowest BCUT2D eigenvalue weighted by Crippen LogP contribution is -2.39. The average molecular weight is 352 g/mol. The van der Waals surface area contributed by atoms with Crippen LogP contribution in [0.4, 0.5) is 14.6 Å². The smallest absolute Gasteiger partial charge is 0.320 e. The van der Waals surface area contributed by atoms with Gasteiger partial charge in [0.15, 0.2) is 6.10 Å². The molecule has 1 aliphatic rings. The number of nitrogen functional groups attached to an aromatic ring is 1. The van der Waals surface area contributed by atoms with Crippen LogP contribution in [0.15, 0.2) is 35.3 Å². The third-order valence-corrected chi connectivity index (χ3v) is 4.24. The largest absolute Gasteiger partial charge is 0.464 e. The number of furan rings is 1. The van der Waals surface area contributed by atoms with Crippen LogP contribution in [-0.4, -0.2) is 49.5 Å². The number of anilines is 1. The Labute approximate surface area is 139 Å². The number of nitrogens with zero attached hydrogens (tertiary/aromatic N) is 3. The van der Waals surface area contributed by atoms with Crippen LogP contribution in [0, 0.1) is 0 Å². The highest BCUT2D eigenvalue weighted by Crippen LogP contribution is 2.45. The number of aliphatic hydroxyl groups excluding tert-OH is 2. The zero-order chi connectivity index (χ0) is 17.8. The first-order valence-corrected chi connectivity index (χ1v) is 7.42. The number of aromatic nitrogens is 3. The first kappa shape index (κ1) is 15.9. The molecule has 1 aliphatic heterocycles. The van der Waals surface area contributed by atoms with Gasteiger partial charge in [-0.1, -0.05) is 0 Å². The van der Waals surface area contributed by atoms with Crippen LogP contribution in [0.3, 0.4) is 0 Å². The van der Waals surface area contributed by atoms with E-state index >= 15 is 0 Å². The molecule has 3 atom stereocenters. The van der Waals surface area contributed by atoms with Crippen molar-refractivity contribution in [3.8, 4) is 11.3 Å². The van der Waals surface area contributed by atoms with Crippen molar-refractivity contribution in [2.24, 2.45) is 0 Å². The predicted molar refractivity (Wildman–Crippen MR) is 81.6 cm³/mol. The number of hydrogen-bond acceptors (Lipinski definition) is 7. The molecule has 25 heavy (non-hydrogen) atoms. The van der Waals surface area contributed by atoms with E-state index in [-0.39, 0.29) is 11.5 Å². The van der Waals surface area contributed by atoms with Gasteiger partial charge in [0, 0.05) is 11.8 Å². The second kappa shape index (κ2) is 5.48. The standard InChI is InChI=1S/C15H14F2N4O4/c16-15(17)11(23)9(5-22)25-14(15)21-4-7(8-2-1-3-24-8)10-12(18)19-6-20-13(10)21/h1-4,6,9,11,14,22-23H,5H2,(H2,18,19,20)/t9-,11-,14-/m1/s1. The maximum Gasteiger partial charge on any atom is 0.320 e. The van der Waals surface area contributed by atoms with Gasteiger partial charge in [0.2, 0.25) is 6.23 Å². The van der Waals surface area contributed by atoms with Crippen molar-refractivity contribution in [1.29, 1.82) is 0 Å². The summed E-state index contributed by atoms with van der Waals surface area (Å²) in [6.07, 6.45) is -1.48. The van der Waals surface area contributed by atoms with Crippen LogP contribution in [0.2, 0.25) is 0 Å². The van der Waals surface area contributed by atoms with E-state index in [2.05, 4.69) is 9.97 Å². The van der Waals surface area contributed by atoms with E-state index in [0.29, 0.717) is 16.7 Å². The monoisotopic (exact) mass is 352 g/mol. The van der Waals surface area contributed by atoms with Gasteiger partial charge in [0.05, 0.1) is 18.3 Å². The Kier molecular flexibility index (Phi) is 3.49. The number of alkyl halides is 2. The first-order valence-electron chi connectivity index (χ1n) is 7.42. The summed E-state index contributed by atoms with van der Waals surface area (Å²) in [5.74, 6) is -3.15. The van der Waals surface area contributed by atoms with Gasteiger partial charge in [0.25, 0.3) is 0 Å². The van der Waals surface area contributed by atoms with Gasteiger partial charge in [-0.3, -0.25) is 4.57 Å². The zero-order valence-corrected chi connectivity index (χ0v) is 12.7. The van der Waals surface area contributed by atoms with Gasteiger partial charge in [-0.25, -0.2) is 9.97 Å². The lowest BCUT2D eigenvalue weighted by Gasteiger charge is -2.21. The molecule has 132 valence electrons. The molecule has 0 aliphatic carbocycles. The molecule has 0 unspecified atom stereocenters. The summed E-state index contributed by atoms with van der Waals surface area (Å²) in [4.78, 5) is 7.93. The third kappa shape index (κ3) is 2.22. The fourth-order valence-electron chi connectivity index (χ4n) is 3.02. The van der Waals surface area contributed by atoms with Gasteiger partial charge in [-0.2, -0.15) is 8.78 Å². The summed E-state index contributed by atoms with van der Waals surface area (Å²) in [6.45, 7) is -0.741. The molecule has 4 N–H and O–H groups in total. The number of halogens is 2. The van der Waals surface area contributed by atoms with Gasteiger partial charge >= 0.3 is 5.92 Å². The highest BCUT2D eigenvalue weighted by Gasteiger charge is 2.59. The minimum Gasteiger partial charge on any atom is -0.464 e. The highest BCUT2D eigenvalue weighted by molar-refractivity contribution is 5.99. The number of fused-ring (bicyclic) bond motifs is 1. The van der Waals surface area contributed by atoms with Gasteiger partial charge in [0.1, 0.15) is 29.7 Å². The Morgan fingerprint density at radius 2 is 2.16 bits per heavy atom. The van der Waals surface area contributed by atoms with Crippen molar-refractivity contribution >= 4 is 16.9 Å². The van der Waals surface area contributed by atoms with E-state index in [4.69, 9.17) is 20.0 Å². The fraction of sp³-hybridized carbons (Fsp3) is 0.333. The van der Waals surface area contributed by atoms with Crippen LogP contribution in [0.25, 0.3) is 22.4 Å². The molecule has 3 aromatic heterocycles. The average Bonchev–Trinajstić information content (AvgIpc) is 3.27. The number of rotatable bonds is 3. The molecule has 0 spiro atoms. The summed E-state index contributed by atoms with van der Waals surface area (Å²) in [7, 11) is 0. The second-order valence-electron chi connectivity index (χ2n) is 5.71. The van der Waals surface area contributed by atoms with Crippen molar-refractivity contribution in [3.63, 3.8) is 0 Å². The molecular weight excluding hydrogens is 338 g/mol. The van der Waals surface area contributed by atoms with Gasteiger partial charge in [-0.15, -0.1) is 0 Å². The zero-order valence-electron chi connectivity index (χ0n) is 12.7. The minimum atomic E-state index is -3.64. The number of ether oxygens (including phenoxy) is 1. The first-order chi connectivity index (χ1) is 11.9. The summed E-state index contributed by atoms with van der Waals surface area (Å²) in [5.41, 5.74) is 6.42. The second-order valence-corrected chi connectivity index (χ2v) is 5.71. The summed E-state index contributed by atoms with van der Waals surface area (Å²) < 4.78 is 40.6. The molecule has 4 heterocycles. The number of aliphatic hydroxyl groups is 2. The molecule has 1 fully saturated rings. The molecule has 10 heteroatoms. The molecule has 0 bridgehead atoms. The maximum atomic E-state index is 14.5. The topological polar surface area (TPSA) is 120 Å². The SMILES string of the molecule is Nc1ncnc2c1c(-c1ccco1)cn2[C@@H]1O[C@H](CO)[C@@H](O)C1(F)F. The Morgan fingerprint density at radius 3 is 2.80 bits per heavy atom. The number of nitrogens with two attached hydrogens (primary N) is 1. The van der Waals surface area contributed by atoms with Gasteiger partial charge in [-0.05, 0) is 12.1 Å². The Hall–Kier alpha value is -2.56. The molecule has 0 radical (unpaired) electrons. The van der Waals surface area contributed by atoms with Crippen molar-refractivity contribution < 1.29 is 28.1 Å². The van der Waals surface area contributed by atoms with E-state index in [0.717, 1.165) is 10.9 Å². The Bertz CT molecular complexity index is 912. The van der Waals surface area contributed by atoms with Crippen LogP contribution in [-0.2, 0) is 4.74 Å². The summed E-state index contributed by atoms with van der Waals surface area (Å²) in [6, 6.07) is 3.29. The summed E-state index contributed by atoms with van der Waals surface area (Å²) >= 11 is 0. The quantitative estimate of drug-likeness (QED) is 0.647. The molecule has 0 saturated carbocycles. The highest BCUT2D eigenvalue weighted by atomic mass is 19.3. The van der Waals surface area contributed by atoms with Crippen LogP contribution in [0.1, 0.15) is 6.23 Å².